The second-order valence-electron chi connectivity index (χ2n) is 7.45. The van der Waals surface area contributed by atoms with E-state index in [1.54, 1.807) is 30.6 Å². The van der Waals surface area contributed by atoms with E-state index in [4.69, 9.17) is 4.74 Å². The Labute approximate surface area is 181 Å². The summed E-state index contributed by atoms with van der Waals surface area (Å²) in [5.74, 6) is 1.11. The molecule has 172 valence electrons. The maximum atomic E-state index is 13.9. The minimum absolute atomic E-state index is 0.372. The first-order valence-electron chi connectivity index (χ1n) is 10.7. The van der Waals surface area contributed by atoms with Crippen LogP contribution in [0.3, 0.4) is 0 Å². The van der Waals surface area contributed by atoms with Crippen molar-refractivity contribution in [3.05, 3.63) is 42.2 Å². The molecular weight excluding hydrogens is 412 g/mol. The first kappa shape index (κ1) is 25.0. The van der Waals surface area contributed by atoms with Crippen molar-refractivity contribution >= 4 is 0 Å². The highest BCUT2D eigenvalue weighted by Crippen LogP contribution is 2.27. The molecule has 0 amide bonds. The van der Waals surface area contributed by atoms with Crippen LogP contribution < -0.4 is 4.74 Å². The summed E-state index contributed by atoms with van der Waals surface area (Å²) in [6, 6.07) is 7.20. The van der Waals surface area contributed by atoms with E-state index in [2.05, 4.69) is 21.6 Å². The van der Waals surface area contributed by atoms with Crippen molar-refractivity contribution < 1.29 is 27.0 Å². The number of hydrogen-bond donors (Lipinski definition) is 0. The topological polar surface area (TPSA) is 44.2 Å². The Hall–Kier alpha value is -2.22. The predicted molar refractivity (Wildman–Crippen MR) is 112 cm³/mol. The number of benzene rings is 1. The van der Waals surface area contributed by atoms with Crippen LogP contribution in [0.2, 0.25) is 0 Å². The highest BCUT2D eigenvalue weighted by atomic mass is 19.4. The Balaban J connectivity index is 1.97. The van der Waals surface area contributed by atoms with E-state index in [1.165, 1.54) is 19.3 Å². The molecule has 1 aromatic carbocycles. The van der Waals surface area contributed by atoms with E-state index >= 15 is 0 Å². The molecule has 2 aromatic rings. The fraction of sp³-hybridized carbons (Fsp3) is 0.565. The summed E-state index contributed by atoms with van der Waals surface area (Å²) >= 11 is 0. The fourth-order valence-corrected chi connectivity index (χ4v) is 3.13. The largest absolute Gasteiger partial charge is 0.490 e. The van der Waals surface area contributed by atoms with Crippen LogP contribution in [0.15, 0.2) is 36.7 Å². The summed E-state index contributed by atoms with van der Waals surface area (Å²) in [5.41, 5.74) is 1.74. The SMILES string of the molecule is CCCCCCCCc1cc(-c2ncccn2)ccc1OCC(F)COCC(F)(F)F. The molecule has 0 fully saturated rings. The summed E-state index contributed by atoms with van der Waals surface area (Å²) in [4.78, 5) is 8.51. The fourth-order valence-electron chi connectivity index (χ4n) is 3.13. The van der Waals surface area contributed by atoms with E-state index in [-0.39, 0.29) is 6.61 Å². The lowest BCUT2D eigenvalue weighted by molar-refractivity contribution is -0.177. The molecule has 0 N–H and O–H groups in total. The Morgan fingerprint density at radius 3 is 2.39 bits per heavy atom. The van der Waals surface area contributed by atoms with Crippen LogP contribution in [-0.4, -0.2) is 42.1 Å². The van der Waals surface area contributed by atoms with Crippen LogP contribution in [0.25, 0.3) is 11.4 Å². The molecule has 2 rings (SSSR count). The van der Waals surface area contributed by atoms with Gasteiger partial charge in [-0.15, -0.1) is 0 Å². The quantitative estimate of drug-likeness (QED) is 0.253. The van der Waals surface area contributed by atoms with Gasteiger partial charge in [-0.25, -0.2) is 14.4 Å². The number of halogens is 4. The maximum Gasteiger partial charge on any atom is 0.411 e. The Morgan fingerprint density at radius 1 is 0.968 bits per heavy atom. The standard InChI is InChI=1S/C23H30F4N2O2/c1-2-3-4-5-6-7-9-18-14-19(22-28-12-8-13-29-22)10-11-21(18)31-16-20(24)15-30-17-23(25,26)27/h8,10-14,20H,2-7,9,15-17H2,1H3. The average Bonchev–Trinajstić information content (AvgIpc) is 2.75. The van der Waals surface area contributed by atoms with Crippen molar-refractivity contribution in [3.63, 3.8) is 0 Å². The zero-order valence-electron chi connectivity index (χ0n) is 17.8. The number of unbranched alkanes of at least 4 members (excludes halogenated alkanes) is 5. The van der Waals surface area contributed by atoms with Gasteiger partial charge in [-0.1, -0.05) is 39.0 Å². The average molecular weight is 442 g/mol. The van der Waals surface area contributed by atoms with Gasteiger partial charge >= 0.3 is 6.18 Å². The molecule has 31 heavy (non-hydrogen) atoms. The second-order valence-corrected chi connectivity index (χ2v) is 7.45. The normalized spacial score (nSPS) is 12.7. The summed E-state index contributed by atoms with van der Waals surface area (Å²) in [6.45, 7) is -0.333. The highest BCUT2D eigenvalue weighted by molar-refractivity contribution is 5.58. The van der Waals surface area contributed by atoms with Gasteiger partial charge in [-0.3, -0.25) is 0 Å². The van der Waals surface area contributed by atoms with Crippen LogP contribution in [0, 0.1) is 0 Å². The van der Waals surface area contributed by atoms with Gasteiger partial charge in [-0.2, -0.15) is 13.2 Å². The summed E-state index contributed by atoms with van der Waals surface area (Å²) in [5, 5.41) is 0. The summed E-state index contributed by atoms with van der Waals surface area (Å²) in [7, 11) is 0. The van der Waals surface area contributed by atoms with E-state index in [0.717, 1.165) is 36.8 Å². The van der Waals surface area contributed by atoms with Crippen molar-refractivity contribution in [3.8, 4) is 17.1 Å². The van der Waals surface area contributed by atoms with Gasteiger partial charge in [0.15, 0.2) is 12.0 Å². The molecule has 0 aliphatic heterocycles. The lowest BCUT2D eigenvalue weighted by Crippen LogP contribution is -2.24. The van der Waals surface area contributed by atoms with Gasteiger partial charge in [0.2, 0.25) is 0 Å². The third kappa shape index (κ3) is 10.1. The van der Waals surface area contributed by atoms with Crippen LogP contribution in [-0.2, 0) is 11.2 Å². The third-order valence-corrected chi connectivity index (χ3v) is 4.67. The zero-order chi connectivity index (χ0) is 22.5. The van der Waals surface area contributed by atoms with Crippen LogP contribution in [0.4, 0.5) is 17.6 Å². The van der Waals surface area contributed by atoms with Gasteiger partial charge in [0.25, 0.3) is 0 Å². The Bertz CT molecular complexity index is 757. The van der Waals surface area contributed by atoms with E-state index in [0.29, 0.717) is 11.6 Å². The molecular formula is C23H30F4N2O2. The number of nitrogens with zero attached hydrogens (tertiary/aromatic N) is 2. The number of aromatic nitrogens is 2. The molecule has 4 nitrogen and oxygen atoms in total. The van der Waals surface area contributed by atoms with Crippen molar-refractivity contribution in [2.24, 2.45) is 0 Å². The first-order valence-corrected chi connectivity index (χ1v) is 10.7. The molecule has 8 heteroatoms. The monoisotopic (exact) mass is 442 g/mol. The molecule has 0 radical (unpaired) electrons. The van der Waals surface area contributed by atoms with Crippen molar-refractivity contribution in [1.82, 2.24) is 9.97 Å². The van der Waals surface area contributed by atoms with Crippen molar-refractivity contribution in [2.45, 2.75) is 64.2 Å². The highest BCUT2D eigenvalue weighted by Gasteiger charge is 2.28. The van der Waals surface area contributed by atoms with E-state index in [9.17, 15) is 17.6 Å². The molecule has 0 saturated heterocycles. The number of rotatable bonds is 14. The Morgan fingerprint density at radius 2 is 1.68 bits per heavy atom. The number of ether oxygens (including phenoxy) is 2. The molecule has 1 heterocycles. The van der Waals surface area contributed by atoms with Crippen molar-refractivity contribution in [1.29, 1.82) is 0 Å². The van der Waals surface area contributed by atoms with Gasteiger partial charge in [0, 0.05) is 18.0 Å². The Kier molecular flexibility index (Phi) is 10.7. The smallest absolute Gasteiger partial charge is 0.411 e. The van der Waals surface area contributed by atoms with E-state index < -0.39 is 25.6 Å². The minimum atomic E-state index is -4.47. The van der Waals surface area contributed by atoms with Gasteiger partial charge < -0.3 is 9.47 Å². The summed E-state index contributed by atoms with van der Waals surface area (Å²) < 4.78 is 60.2. The molecule has 0 saturated carbocycles. The molecule has 1 atom stereocenters. The van der Waals surface area contributed by atoms with E-state index in [1.807, 2.05) is 6.07 Å². The summed E-state index contributed by atoms with van der Waals surface area (Å²) in [6.07, 6.45) is 4.79. The first-order chi connectivity index (χ1) is 14.9. The lowest BCUT2D eigenvalue weighted by atomic mass is 10.0. The minimum Gasteiger partial charge on any atom is -0.490 e. The third-order valence-electron chi connectivity index (χ3n) is 4.67. The zero-order valence-corrected chi connectivity index (χ0v) is 17.8. The molecule has 1 aromatic heterocycles. The maximum absolute atomic E-state index is 13.9. The molecule has 1 unspecified atom stereocenters. The van der Waals surface area contributed by atoms with Gasteiger partial charge in [0.1, 0.15) is 19.0 Å². The van der Waals surface area contributed by atoms with Crippen molar-refractivity contribution in [2.75, 3.05) is 19.8 Å². The van der Waals surface area contributed by atoms with Gasteiger partial charge in [-0.05, 0) is 42.7 Å². The second kappa shape index (κ2) is 13.2. The molecule has 0 bridgehead atoms. The van der Waals surface area contributed by atoms with Crippen LogP contribution >= 0.6 is 0 Å². The number of hydrogen-bond acceptors (Lipinski definition) is 4. The molecule has 0 aliphatic rings. The lowest BCUT2D eigenvalue weighted by Gasteiger charge is -2.15. The molecule has 0 spiro atoms. The number of alkyl halides is 4. The van der Waals surface area contributed by atoms with Gasteiger partial charge in [0.05, 0.1) is 6.61 Å². The molecule has 0 aliphatic carbocycles. The number of aryl methyl sites for hydroxylation is 1. The van der Waals surface area contributed by atoms with Crippen LogP contribution in [0.1, 0.15) is 51.0 Å². The predicted octanol–water partition coefficient (Wildman–Crippen LogP) is 6.34. The van der Waals surface area contributed by atoms with Crippen LogP contribution in [0.5, 0.6) is 5.75 Å².